The summed E-state index contributed by atoms with van der Waals surface area (Å²) in [5, 5.41) is 0. The van der Waals surface area contributed by atoms with Crippen molar-refractivity contribution in [2.24, 2.45) is 0 Å². The molecule has 338 valence electrons. The van der Waals surface area contributed by atoms with E-state index in [2.05, 4.69) is 93.7 Å². The number of hydrogen-bond acceptors (Lipinski definition) is 6. The molecular weight excluding hydrogens is 733 g/mol. The van der Waals surface area contributed by atoms with E-state index in [1.165, 1.54) is 77.0 Å². The van der Waals surface area contributed by atoms with Gasteiger partial charge in [0, 0.05) is 19.3 Å². The fourth-order valence-corrected chi connectivity index (χ4v) is 6.52. The minimum atomic E-state index is -0.797. The summed E-state index contributed by atoms with van der Waals surface area (Å²) in [5.41, 5.74) is 0. The van der Waals surface area contributed by atoms with Gasteiger partial charge in [0.2, 0.25) is 0 Å². The van der Waals surface area contributed by atoms with Crippen LogP contribution in [0.3, 0.4) is 0 Å². The lowest BCUT2D eigenvalue weighted by Gasteiger charge is -2.18. The summed E-state index contributed by atoms with van der Waals surface area (Å²) in [6, 6.07) is 0. The molecule has 0 aromatic rings. The molecule has 0 rings (SSSR count). The van der Waals surface area contributed by atoms with Gasteiger partial charge in [-0.1, -0.05) is 190 Å². The Hall–Kier alpha value is -3.15. The van der Waals surface area contributed by atoms with Crippen LogP contribution in [0.1, 0.15) is 226 Å². The highest BCUT2D eigenvalue weighted by molar-refractivity contribution is 5.71. The Morgan fingerprint density at radius 1 is 0.356 bits per heavy atom. The summed E-state index contributed by atoms with van der Waals surface area (Å²) >= 11 is 0. The SMILES string of the molecule is CC/C=C\C/C=C\C/C=C\CCCCCCCC(=O)O[C@H](COC(=O)CCCC/C=C\C/C=C\C/C=C\CCCCC)COC(=O)CCCCCCCCCCCCC. The first-order valence-corrected chi connectivity index (χ1v) is 24.4. The molecule has 0 saturated carbocycles. The zero-order valence-corrected chi connectivity index (χ0v) is 38.5. The minimum absolute atomic E-state index is 0.0937. The third kappa shape index (κ3) is 45.8. The van der Waals surface area contributed by atoms with Gasteiger partial charge in [-0.05, 0) is 89.9 Å². The Bertz CT molecular complexity index is 1130. The zero-order chi connectivity index (χ0) is 43.0. The van der Waals surface area contributed by atoms with E-state index in [0.717, 1.165) is 109 Å². The number of esters is 3. The molecule has 0 aliphatic rings. The molecule has 0 unspecified atom stereocenters. The average molecular weight is 823 g/mol. The second-order valence-corrected chi connectivity index (χ2v) is 16.0. The van der Waals surface area contributed by atoms with E-state index in [1.54, 1.807) is 0 Å². The van der Waals surface area contributed by atoms with Crippen LogP contribution in [0.25, 0.3) is 0 Å². The van der Waals surface area contributed by atoms with E-state index >= 15 is 0 Å². The van der Waals surface area contributed by atoms with Gasteiger partial charge in [-0.15, -0.1) is 0 Å². The maximum absolute atomic E-state index is 12.8. The van der Waals surface area contributed by atoms with Gasteiger partial charge in [0.15, 0.2) is 6.10 Å². The molecule has 1 atom stereocenters. The highest BCUT2D eigenvalue weighted by Gasteiger charge is 2.19. The highest BCUT2D eigenvalue weighted by atomic mass is 16.6. The summed E-state index contributed by atoms with van der Waals surface area (Å²) in [6.07, 6.45) is 58.8. The molecular formula is C53H90O6. The molecule has 0 aliphatic heterocycles. The maximum Gasteiger partial charge on any atom is 0.306 e. The summed E-state index contributed by atoms with van der Waals surface area (Å²) in [6.45, 7) is 6.43. The smallest absolute Gasteiger partial charge is 0.306 e. The van der Waals surface area contributed by atoms with Gasteiger partial charge in [0.25, 0.3) is 0 Å². The maximum atomic E-state index is 12.8. The molecule has 0 fully saturated rings. The van der Waals surface area contributed by atoms with E-state index in [9.17, 15) is 14.4 Å². The second-order valence-electron chi connectivity index (χ2n) is 16.0. The molecule has 0 N–H and O–H groups in total. The molecule has 0 aromatic carbocycles. The van der Waals surface area contributed by atoms with Crippen LogP contribution in [-0.2, 0) is 28.6 Å². The van der Waals surface area contributed by atoms with Crippen molar-refractivity contribution in [3.8, 4) is 0 Å². The van der Waals surface area contributed by atoms with Gasteiger partial charge >= 0.3 is 17.9 Å². The van der Waals surface area contributed by atoms with Crippen LogP contribution in [0.4, 0.5) is 0 Å². The van der Waals surface area contributed by atoms with Gasteiger partial charge in [0.1, 0.15) is 13.2 Å². The van der Waals surface area contributed by atoms with E-state index < -0.39 is 6.10 Å². The van der Waals surface area contributed by atoms with Crippen molar-refractivity contribution in [2.75, 3.05) is 13.2 Å². The Morgan fingerprint density at radius 3 is 1.10 bits per heavy atom. The monoisotopic (exact) mass is 823 g/mol. The second kappa shape index (κ2) is 47.5. The van der Waals surface area contributed by atoms with E-state index in [-0.39, 0.29) is 31.1 Å². The van der Waals surface area contributed by atoms with Crippen molar-refractivity contribution in [3.05, 3.63) is 72.9 Å². The van der Waals surface area contributed by atoms with Crippen LogP contribution in [0, 0.1) is 0 Å². The fraction of sp³-hybridized carbons (Fsp3) is 0.717. The summed E-state index contributed by atoms with van der Waals surface area (Å²) in [4.78, 5) is 37.8. The normalized spacial score (nSPS) is 12.7. The van der Waals surface area contributed by atoms with Crippen molar-refractivity contribution in [2.45, 2.75) is 232 Å². The number of unbranched alkanes of at least 4 members (excludes halogenated alkanes) is 20. The molecule has 0 saturated heterocycles. The van der Waals surface area contributed by atoms with Crippen molar-refractivity contribution in [3.63, 3.8) is 0 Å². The van der Waals surface area contributed by atoms with E-state index in [0.29, 0.717) is 19.3 Å². The van der Waals surface area contributed by atoms with Crippen molar-refractivity contribution >= 4 is 17.9 Å². The molecule has 0 heterocycles. The molecule has 0 aromatic heterocycles. The first kappa shape index (κ1) is 55.9. The third-order valence-electron chi connectivity index (χ3n) is 10.2. The van der Waals surface area contributed by atoms with Gasteiger partial charge in [0.05, 0.1) is 0 Å². The number of rotatable bonds is 43. The Morgan fingerprint density at radius 2 is 0.661 bits per heavy atom. The fourth-order valence-electron chi connectivity index (χ4n) is 6.52. The van der Waals surface area contributed by atoms with Gasteiger partial charge < -0.3 is 14.2 Å². The largest absolute Gasteiger partial charge is 0.462 e. The van der Waals surface area contributed by atoms with Gasteiger partial charge in [-0.3, -0.25) is 14.4 Å². The number of hydrogen-bond donors (Lipinski definition) is 0. The lowest BCUT2D eigenvalue weighted by atomic mass is 10.1. The number of ether oxygens (including phenoxy) is 3. The summed E-state index contributed by atoms with van der Waals surface area (Å²) in [7, 11) is 0. The van der Waals surface area contributed by atoms with Crippen LogP contribution in [0.15, 0.2) is 72.9 Å². The van der Waals surface area contributed by atoms with Crippen LogP contribution >= 0.6 is 0 Å². The van der Waals surface area contributed by atoms with Crippen molar-refractivity contribution < 1.29 is 28.6 Å². The molecule has 6 heteroatoms. The van der Waals surface area contributed by atoms with Crippen LogP contribution in [0.5, 0.6) is 0 Å². The summed E-state index contributed by atoms with van der Waals surface area (Å²) in [5.74, 6) is -0.953. The number of allylic oxidation sites excluding steroid dienone is 12. The predicted octanol–water partition coefficient (Wildman–Crippen LogP) is 15.9. The first-order chi connectivity index (χ1) is 29.0. The molecule has 6 nitrogen and oxygen atoms in total. The summed E-state index contributed by atoms with van der Waals surface area (Å²) < 4.78 is 16.7. The molecule has 0 amide bonds. The van der Waals surface area contributed by atoms with Gasteiger partial charge in [-0.25, -0.2) is 0 Å². The standard InChI is InChI=1S/C53H90O6/c1-4-7-10-13-16-19-22-24-26-28-31-34-37-40-43-46-52(55)58-49-50(48-57-51(54)45-42-39-36-33-30-21-18-15-12-9-6-3)59-53(56)47-44-41-38-35-32-29-27-25-23-20-17-14-11-8-5-2/h8,11,16-17,19-20,24-27,31,34,50H,4-7,9-10,12-15,18,21-23,28-30,32-33,35-49H2,1-3H3/b11-8-,19-16-,20-17-,26-24-,27-25-,34-31-/t50-/m0/s1. The predicted molar refractivity (Wildman–Crippen MR) is 251 cm³/mol. The molecule has 0 spiro atoms. The zero-order valence-electron chi connectivity index (χ0n) is 38.5. The van der Waals surface area contributed by atoms with Crippen LogP contribution < -0.4 is 0 Å². The Balaban J connectivity index is 4.47. The highest BCUT2D eigenvalue weighted by Crippen LogP contribution is 2.14. The van der Waals surface area contributed by atoms with E-state index in [4.69, 9.17) is 14.2 Å². The molecule has 59 heavy (non-hydrogen) atoms. The Kier molecular flexibility index (Phi) is 45.0. The van der Waals surface area contributed by atoms with Crippen LogP contribution in [0.2, 0.25) is 0 Å². The third-order valence-corrected chi connectivity index (χ3v) is 10.2. The van der Waals surface area contributed by atoms with Gasteiger partial charge in [-0.2, -0.15) is 0 Å². The van der Waals surface area contributed by atoms with Crippen molar-refractivity contribution in [1.29, 1.82) is 0 Å². The quantitative estimate of drug-likeness (QED) is 0.0264. The molecule has 0 aliphatic carbocycles. The lowest BCUT2D eigenvalue weighted by molar-refractivity contribution is -0.167. The van der Waals surface area contributed by atoms with Crippen LogP contribution in [-0.4, -0.2) is 37.2 Å². The van der Waals surface area contributed by atoms with E-state index in [1.807, 2.05) is 0 Å². The first-order valence-electron chi connectivity index (χ1n) is 24.4. The minimum Gasteiger partial charge on any atom is -0.462 e. The average Bonchev–Trinajstić information content (AvgIpc) is 3.23. The Labute approximate surface area is 363 Å². The molecule has 0 radical (unpaired) electrons. The molecule has 0 bridgehead atoms. The number of carbonyl (C=O) groups is 3. The topological polar surface area (TPSA) is 78.9 Å². The number of carbonyl (C=O) groups excluding carboxylic acids is 3. The van der Waals surface area contributed by atoms with Crippen molar-refractivity contribution in [1.82, 2.24) is 0 Å². The lowest BCUT2D eigenvalue weighted by Crippen LogP contribution is -2.30.